The molecule has 1 atom stereocenters. The van der Waals surface area contributed by atoms with Crippen molar-refractivity contribution >= 4 is 17.7 Å². The van der Waals surface area contributed by atoms with E-state index in [1.807, 2.05) is 36.4 Å². The van der Waals surface area contributed by atoms with Gasteiger partial charge in [0, 0.05) is 18.2 Å². The summed E-state index contributed by atoms with van der Waals surface area (Å²) < 4.78 is 5.12. The molecule has 2 aromatic carbocycles. The van der Waals surface area contributed by atoms with Crippen molar-refractivity contribution in [2.75, 3.05) is 13.2 Å². The number of carbonyl (C=O) groups excluding carboxylic acids is 1. The number of hydrogen-bond acceptors (Lipinski definition) is 6. The minimum absolute atomic E-state index is 0.0820. The minimum atomic E-state index is -0.634. The number of rotatable bonds is 9. The van der Waals surface area contributed by atoms with Crippen molar-refractivity contribution in [1.82, 2.24) is 5.32 Å². The highest BCUT2D eigenvalue weighted by atomic mass is 16.6. The van der Waals surface area contributed by atoms with E-state index >= 15 is 0 Å². The fourth-order valence-electron chi connectivity index (χ4n) is 2.65. The number of esters is 1. The molecule has 2 aromatic rings. The molecule has 0 saturated carbocycles. The highest BCUT2D eigenvalue weighted by molar-refractivity contribution is 5.76. The zero-order valence-corrected chi connectivity index (χ0v) is 15.5. The lowest BCUT2D eigenvalue weighted by Crippen LogP contribution is -2.40. The molecule has 0 fully saturated rings. The molecule has 0 aliphatic rings. The van der Waals surface area contributed by atoms with Crippen LogP contribution in [0, 0.1) is 21.4 Å². The number of nitriles is 1. The third-order valence-corrected chi connectivity index (χ3v) is 4.00. The quantitative estimate of drug-likeness (QED) is 0.310. The molecule has 144 valence electrons. The maximum atomic E-state index is 12.3. The summed E-state index contributed by atoms with van der Waals surface area (Å²) in [6.07, 6.45) is 1.86. The first-order valence-electron chi connectivity index (χ1n) is 8.83. The lowest BCUT2D eigenvalue weighted by molar-refractivity contribution is -0.385. The molecule has 28 heavy (non-hydrogen) atoms. The van der Waals surface area contributed by atoms with Crippen LogP contribution < -0.4 is 5.32 Å². The van der Waals surface area contributed by atoms with Gasteiger partial charge in [-0.15, -0.1) is 0 Å². The van der Waals surface area contributed by atoms with Gasteiger partial charge in [0.2, 0.25) is 0 Å². The van der Waals surface area contributed by atoms with Crippen LogP contribution in [0.1, 0.15) is 18.1 Å². The molecule has 1 N–H and O–H groups in total. The fourth-order valence-corrected chi connectivity index (χ4v) is 2.65. The summed E-state index contributed by atoms with van der Waals surface area (Å²) in [5.41, 5.74) is 1.48. The smallest absolute Gasteiger partial charge is 0.323 e. The molecule has 0 radical (unpaired) electrons. The second kappa shape index (κ2) is 10.6. The number of carbonyl (C=O) groups is 1. The van der Waals surface area contributed by atoms with E-state index in [-0.39, 0.29) is 24.4 Å². The number of nitro groups is 1. The van der Waals surface area contributed by atoms with E-state index < -0.39 is 16.9 Å². The fraction of sp³-hybridized carbons (Fsp3) is 0.238. The molecule has 0 heterocycles. The Morgan fingerprint density at radius 3 is 2.57 bits per heavy atom. The van der Waals surface area contributed by atoms with Crippen LogP contribution in [-0.4, -0.2) is 30.1 Å². The summed E-state index contributed by atoms with van der Waals surface area (Å²) in [7, 11) is 0. The maximum absolute atomic E-state index is 12.3. The van der Waals surface area contributed by atoms with E-state index in [9.17, 15) is 20.2 Å². The number of nitrogens with zero attached hydrogens (tertiary/aromatic N) is 2. The predicted octanol–water partition coefficient (Wildman–Crippen LogP) is 3.27. The Hall–Kier alpha value is -3.50. The maximum Gasteiger partial charge on any atom is 0.323 e. The summed E-state index contributed by atoms with van der Waals surface area (Å²) in [5.74, 6) is -0.408. The Bertz CT molecular complexity index is 888. The molecule has 0 aromatic heterocycles. The van der Waals surface area contributed by atoms with Crippen LogP contribution >= 0.6 is 0 Å². The van der Waals surface area contributed by atoms with Crippen LogP contribution in [0.3, 0.4) is 0 Å². The first-order valence-corrected chi connectivity index (χ1v) is 8.83. The first-order chi connectivity index (χ1) is 13.5. The van der Waals surface area contributed by atoms with E-state index in [1.54, 1.807) is 25.1 Å². The van der Waals surface area contributed by atoms with Crippen LogP contribution in [-0.2, 0) is 16.0 Å². The molecular weight excluding hydrogens is 358 g/mol. The van der Waals surface area contributed by atoms with Gasteiger partial charge in [0.15, 0.2) is 0 Å². The average molecular weight is 379 g/mol. The normalized spacial score (nSPS) is 12.1. The number of benzene rings is 2. The Kier molecular flexibility index (Phi) is 7.88. The molecule has 7 nitrogen and oxygen atoms in total. The van der Waals surface area contributed by atoms with Gasteiger partial charge >= 0.3 is 5.97 Å². The molecule has 0 aliphatic carbocycles. The molecule has 0 unspecified atom stereocenters. The van der Waals surface area contributed by atoms with Gasteiger partial charge in [0.05, 0.1) is 23.2 Å². The zero-order chi connectivity index (χ0) is 20.4. The van der Waals surface area contributed by atoms with Crippen LogP contribution in [0.2, 0.25) is 0 Å². The Morgan fingerprint density at radius 1 is 1.25 bits per heavy atom. The molecule has 0 spiro atoms. The van der Waals surface area contributed by atoms with Gasteiger partial charge in [-0.2, -0.15) is 5.26 Å². The van der Waals surface area contributed by atoms with Crippen molar-refractivity contribution in [3.63, 3.8) is 0 Å². The van der Waals surface area contributed by atoms with Crippen molar-refractivity contribution in [2.45, 2.75) is 19.4 Å². The minimum Gasteiger partial charge on any atom is -0.465 e. The molecule has 0 amide bonds. The standard InChI is InChI=1S/C21H21N3O4/c1-2-28-21(25)19(13-16-8-4-3-5-9-16)23-15-17(14-22)12-18-10-6-7-11-20(18)24(26)27/h3-12,19,23H,2,13,15H2,1H3/b17-12+/t19-/m0/s1. The van der Waals surface area contributed by atoms with Gasteiger partial charge in [-0.25, -0.2) is 0 Å². The lowest BCUT2D eigenvalue weighted by atomic mass is 10.1. The summed E-state index contributed by atoms with van der Waals surface area (Å²) in [5, 5.41) is 23.6. The van der Waals surface area contributed by atoms with Gasteiger partial charge < -0.3 is 4.74 Å². The SMILES string of the molecule is CCOC(=O)[C@H](Cc1ccccc1)NC/C(C#N)=C/c1ccccc1[N+](=O)[O-]. The second-order valence-electron chi connectivity index (χ2n) is 5.97. The highest BCUT2D eigenvalue weighted by Gasteiger charge is 2.20. The van der Waals surface area contributed by atoms with Crippen LogP contribution in [0.25, 0.3) is 6.08 Å². The number of hydrogen-bond donors (Lipinski definition) is 1. The number of nitrogens with one attached hydrogen (secondary N) is 1. The van der Waals surface area contributed by atoms with Gasteiger partial charge in [0.1, 0.15) is 6.04 Å². The Morgan fingerprint density at radius 2 is 1.93 bits per heavy atom. The largest absolute Gasteiger partial charge is 0.465 e. The number of ether oxygens (including phenoxy) is 1. The van der Waals surface area contributed by atoms with Crippen molar-refractivity contribution in [2.24, 2.45) is 0 Å². The predicted molar refractivity (Wildman–Crippen MR) is 105 cm³/mol. The first kappa shape index (κ1) is 20.8. The van der Waals surface area contributed by atoms with E-state index in [2.05, 4.69) is 5.32 Å². The van der Waals surface area contributed by atoms with Gasteiger partial charge in [-0.3, -0.25) is 20.2 Å². The summed E-state index contributed by atoms with van der Waals surface area (Å²) in [6, 6.07) is 17.0. The monoisotopic (exact) mass is 379 g/mol. The van der Waals surface area contributed by atoms with E-state index in [4.69, 9.17) is 4.74 Å². The highest BCUT2D eigenvalue weighted by Crippen LogP contribution is 2.20. The third kappa shape index (κ3) is 6.04. The molecule has 0 saturated heterocycles. The van der Waals surface area contributed by atoms with Crippen molar-refractivity contribution in [1.29, 1.82) is 5.26 Å². The molecule has 0 bridgehead atoms. The molecule has 7 heteroatoms. The van der Waals surface area contributed by atoms with Gasteiger partial charge in [0.25, 0.3) is 5.69 Å². The topological polar surface area (TPSA) is 105 Å². The van der Waals surface area contributed by atoms with Crippen LogP contribution in [0.15, 0.2) is 60.2 Å². The Labute approximate surface area is 163 Å². The Balaban J connectivity index is 2.16. The summed E-state index contributed by atoms with van der Waals surface area (Å²) in [6.45, 7) is 2.06. The van der Waals surface area contributed by atoms with Crippen molar-refractivity contribution < 1.29 is 14.5 Å². The van der Waals surface area contributed by atoms with Crippen molar-refractivity contribution in [3.05, 3.63) is 81.4 Å². The van der Waals surface area contributed by atoms with Crippen LogP contribution in [0.5, 0.6) is 0 Å². The zero-order valence-electron chi connectivity index (χ0n) is 15.5. The third-order valence-electron chi connectivity index (χ3n) is 4.00. The molecular formula is C21H21N3O4. The van der Waals surface area contributed by atoms with Gasteiger partial charge in [-0.05, 0) is 31.1 Å². The van der Waals surface area contributed by atoms with E-state index in [0.717, 1.165) is 5.56 Å². The second-order valence-corrected chi connectivity index (χ2v) is 5.97. The lowest BCUT2D eigenvalue weighted by Gasteiger charge is -2.17. The summed E-state index contributed by atoms with van der Waals surface area (Å²) >= 11 is 0. The molecule has 2 rings (SSSR count). The van der Waals surface area contributed by atoms with E-state index in [1.165, 1.54) is 12.1 Å². The van der Waals surface area contributed by atoms with Crippen molar-refractivity contribution in [3.8, 4) is 6.07 Å². The molecule has 0 aliphatic heterocycles. The average Bonchev–Trinajstić information content (AvgIpc) is 2.71. The van der Waals surface area contributed by atoms with Crippen LogP contribution in [0.4, 0.5) is 5.69 Å². The number of para-hydroxylation sites is 1. The van der Waals surface area contributed by atoms with Gasteiger partial charge in [-0.1, -0.05) is 42.5 Å². The number of nitro benzene ring substituents is 1. The van der Waals surface area contributed by atoms with E-state index in [0.29, 0.717) is 12.0 Å². The summed E-state index contributed by atoms with van der Waals surface area (Å²) in [4.78, 5) is 22.9.